The highest BCUT2D eigenvalue weighted by Crippen LogP contribution is 2.27. The number of para-hydroxylation sites is 2. The van der Waals surface area contributed by atoms with Gasteiger partial charge in [0.2, 0.25) is 0 Å². The minimum atomic E-state index is -0.268. The van der Waals surface area contributed by atoms with Crippen LogP contribution in [0.3, 0.4) is 0 Å². The number of amides is 1. The van der Waals surface area contributed by atoms with Crippen LogP contribution in [0.1, 0.15) is 24.3 Å². The number of carbonyl (C=O) groups is 1. The topological polar surface area (TPSA) is 62.5 Å². The molecular formula is C23H22ClN5O. The fourth-order valence-electron chi connectivity index (χ4n) is 3.46. The van der Waals surface area contributed by atoms with Crippen molar-refractivity contribution in [3.63, 3.8) is 0 Å². The van der Waals surface area contributed by atoms with Gasteiger partial charge in [-0.3, -0.25) is 4.79 Å². The lowest BCUT2D eigenvalue weighted by molar-refractivity contribution is 0.102. The van der Waals surface area contributed by atoms with Crippen LogP contribution in [0, 0.1) is 0 Å². The Hall–Kier alpha value is -3.38. The highest BCUT2D eigenvalue weighted by atomic mass is 35.5. The highest BCUT2D eigenvalue weighted by molar-refractivity contribution is 6.30. The molecular weight excluding hydrogens is 398 g/mol. The van der Waals surface area contributed by atoms with Gasteiger partial charge >= 0.3 is 0 Å². The van der Waals surface area contributed by atoms with Crippen LogP contribution in [0.15, 0.2) is 67.0 Å². The van der Waals surface area contributed by atoms with Gasteiger partial charge in [-0.2, -0.15) is 5.10 Å². The van der Waals surface area contributed by atoms with Gasteiger partial charge in [-0.1, -0.05) is 35.9 Å². The summed E-state index contributed by atoms with van der Waals surface area (Å²) in [4.78, 5) is 19.8. The number of hydrogen-bond donors (Lipinski definition) is 1. The second-order valence-corrected chi connectivity index (χ2v) is 7.23. The standard InChI is InChI=1S/C23H22ClN5O/c1-3-28(4-2)21-11-6-5-10-19(21)27-23(30)20-12-13-29-22(26-20)18(15-25-29)16-8-7-9-17(24)14-16/h5-15H,3-4H2,1-2H3,(H,27,30). The van der Waals surface area contributed by atoms with Crippen molar-refractivity contribution in [2.75, 3.05) is 23.3 Å². The molecule has 152 valence electrons. The fraction of sp³-hybridized carbons (Fsp3) is 0.174. The quantitative estimate of drug-likeness (QED) is 0.469. The van der Waals surface area contributed by atoms with E-state index in [1.807, 2.05) is 48.5 Å². The molecule has 2 aromatic carbocycles. The van der Waals surface area contributed by atoms with Crippen LogP contribution in [0.5, 0.6) is 0 Å². The van der Waals surface area contributed by atoms with Crippen molar-refractivity contribution in [2.45, 2.75) is 13.8 Å². The molecule has 7 heteroatoms. The van der Waals surface area contributed by atoms with Gasteiger partial charge in [-0.15, -0.1) is 0 Å². The Morgan fingerprint density at radius 3 is 2.67 bits per heavy atom. The molecule has 1 amide bonds. The Morgan fingerprint density at radius 1 is 1.10 bits per heavy atom. The van der Waals surface area contributed by atoms with E-state index in [1.54, 1.807) is 23.0 Å². The van der Waals surface area contributed by atoms with Crippen molar-refractivity contribution in [1.29, 1.82) is 0 Å². The molecule has 0 atom stereocenters. The Kier molecular flexibility index (Phi) is 5.68. The van der Waals surface area contributed by atoms with Crippen LogP contribution >= 0.6 is 11.6 Å². The summed E-state index contributed by atoms with van der Waals surface area (Å²) in [6.07, 6.45) is 3.47. The van der Waals surface area contributed by atoms with Gasteiger partial charge in [0, 0.05) is 29.9 Å². The van der Waals surface area contributed by atoms with Crippen molar-refractivity contribution in [3.05, 3.63) is 77.7 Å². The van der Waals surface area contributed by atoms with E-state index in [-0.39, 0.29) is 5.91 Å². The monoisotopic (exact) mass is 419 g/mol. The lowest BCUT2D eigenvalue weighted by Gasteiger charge is -2.24. The predicted octanol–water partition coefficient (Wildman–Crippen LogP) is 5.15. The van der Waals surface area contributed by atoms with E-state index >= 15 is 0 Å². The van der Waals surface area contributed by atoms with Crippen LogP contribution in [-0.2, 0) is 0 Å². The summed E-state index contributed by atoms with van der Waals surface area (Å²) in [7, 11) is 0. The lowest BCUT2D eigenvalue weighted by Crippen LogP contribution is -2.24. The summed E-state index contributed by atoms with van der Waals surface area (Å²) in [6.45, 7) is 5.89. The molecule has 0 spiro atoms. The van der Waals surface area contributed by atoms with Gasteiger partial charge in [-0.25, -0.2) is 9.50 Å². The number of carbonyl (C=O) groups excluding carboxylic acids is 1. The lowest BCUT2D eigenvalue weighted by atomic mass is 10.1. The Bertz CT molecular complexity index is 1200. The number of hydrogen-bond acceptors (Lipinski definition) is 4. The Balaban J connectivity index is 1.68. The maximum atomic E-state index is 13.0. The first kappa shape index (κ1) is 19.9. The molecule has 0 bridgehead atoms. The number of rotatable bonds is 6. The number of nitrogens with one attached hydrogen (secondary N) is 1. The summed E-state index contributed by atoms with van der Waals surface area (Å²) >= 11 is 6.13. The summed E-state index contributed by atoms with van der Waals surface area (Å²) in [5, 5.41) is 7.98. The van der Waals surface area contributed by atoms with Gasteiger partial charge in [0.25, 0.3) is 5.91 Å². The second kappa shape index (κ2) is 8.55. The molecule has 0 radical (unpaired) electrons. The van der Waals surface area contributed by atoms with Gasteiger partial charge in [0.1, 0.15) is 5.69 Å². The van der Waals surface area contributed by atoms with Crippen molar-refractivity contribution in [2.24, 2.45) is 0 Å². The third-order valence-electron chi connectivity index (χ3n) is 4.99. The van der Waals surface area contributed by atoms with Crippen LogP contribution in [0.4, 0.5) is 11.4 Å². The molecule has 2 aromatic heterocycles. The molecule has 2 heterocycles. The van der Waals surface area contributed by atoms with Crippen LogP contribution in [-0.4, -0.2) is 33.6 Å². The van der Waals surface area contributed by atoms with E-state index in [1.165, 1.54) is 0 Å². The van der Waals surface area contributed by atoms with E-state index in [4.69, 9.17) is 11.6 Å². The molecule has 6 nitrogen and oxygen atoms in total. The number of fused-ring (bicyclic) bond motifs is 1. The van der Waals surface area contributed by atoms with E-state index in [0.29, 0.717) is 16.4 Å². The number of nitrogens with zero attached hydrogens (tertiary/aromatic N) is 4. The average Bonchev–Trinajstić information content (AvgIpc) is 3.19. The SMILES string of the molecule is CCN(CC)c1ccccc1NC(=O)c1ccn2ncc(-c3cccc(Cl)c3)c2n1. The first-order chi connectivity index (χ1) is 14.6. The molecule has 0 saturated carbocycles. The van der Waals surface area contributed by atoms with E-state index < -0.39 is 0 Å². The zero-order chi connectivity index (χ0) is 21.1. The van der Waals surface area contributed by atoms with E-state index in [2.05, 4.69) is 34.1 Å². The van der Waals surface area contributed by atoms with E-state index in [9.17, 15) is 4.79 Å². The number of aromatic nitrogens is 3. The summed E-state index contributed by atoms with van der Waals surface area (Å²) in [5.74, 6) is -0.268. The molecule has 0 unspecified atom stereocenters. The fourth-order valence-corrected chi connectivity index (χ4v) is 3.65. The Labute approximate surface area is 180 Å². The normalized spacial score (nSPS) is 10.9. The third-order valence-corrected chi connectivity index (χ3v) is 5.23. The van der Waals surface area contributed by atoms with Crippen molar-refractivity contribution >= 4 is 34.5 Å². The zero-order valence-corrected chi connectivity index (χ0v) is 17.6. The van der Waals surface area contributed by atoms with Crippen molar-refractivity contribution < 1.29 is 4.79 Å². The molecule has 0 aliphatic carbocycles. The van der Waals surface area contributed by atoms with Gasteiger partial charge in [-0.05, 0) is 49.7 Å². The maximum absolute atomic E-state index is 13.0. The molecule has 4 rings (SSSR count). The van der Waals surface area contributed by atoms with Gasteiger partial charge < -0.3 is 10.2 Å². The molecule has 0 aliphatic heterocycles. The summed E-state index contributed by atoms with van der Waals surface area (Å²) < 4.78 is 1.65. The molecule has 0 fully saturated rings. The molecule has 0 aliphatic rings. The van der Waals surface area contributed by atoms with Crippen molar-refractivity contribution in [3.8, 4) is 11.1 Å². The first-order valence-corrected chi connectivity index (χ1v) is 10.2. The maximum Gasteiger partial charge on any atom is 0.274 e. The number of benzene rings is 2. The van der Waals surface area contributed by atoms with Crippen LogP contribution < -0.4 is 10.2 Å². The minimum absolute atomic E-state index is 0.268. The zero-order valence-electron chi connectivity index (χ0n) is 16.8. The molecule has 30 heavy (non-hydrogen) atoms. The third kappa shape index (κ3) is 3.86. The second-order valence-electron chi connectivity index (χ2n) is 6.79. The number of anilines is 2. The molecule has 1 N–H and O–H groups in total. The first-order valence-electron chi connectivity index (χ1n) is 9.86. The summed E-state index contributed by atoms with van der Waals surface area (Å²) in [5.41, 5.74) is 4.38. The Morgan fingerprint density at radius 2 is 1.90 bits per heavy atom. The predicted molar refractivity (Wildman–Crippen MR) is 121 cm³/mol. The van der Waals surface area contributed by atoms with Crippen LogP contribution in [0.2, 0.25) is 5.02 Å². The largest absolute Gasteiger partial charge is 0.370 e. The van der Waals surface area contributed by atoms with E-state index in [0.717, 1.165) is 35.6 Å². The minimum Gasteiger partial charge on any atom is -0.370 e. The van der Waals surface area contributed by atoms with Gasteiger partial charge in [0.15, 0.2) is 5.65 Å². The summed E-state index contributed by atoms with van der Waals surface area (Å²) in [6, 6.07) is 16.9. The highest BCUT2D eigenvalue weighted by Gasteiger charge is 2.15. The average molecular weight is 420 g/mol. The smallest absolute Gasteiger partial charge is 0.274 e. The van der Waals surface area contributed by atoms with Gasteiger partial charge in [0.05, 0.1) is 17.6 Å². The molecule has 4 aromatic rings. The van der Waals surface area contributed by atoms with Crippen LogP contribution in [0.25, 0.3) is 16.8 Å². The number of halogens is 1. The molecule has 0 saturated heterocycles. The van der Waals surface area contributed by atoms with Crippen molar-refractivity contribution in [1.82, 2.24) is 14.6 Å².